The smallest absolute Gasteiger partial charge is 0.0293 e. The van der Waals surface area contributed by atoms with Crippen LogP contribution in [0.15, 0.2) is 97.1 Å². The Labute approximate surface area is 152 Å². The van der Waals surface area contributed by atoms with Gasteiger partial charge in [0.25, 0.3) is 0 Å². The first kappa shape index (κ1) is 16.4. The lowest BCUT2D eigenvalue weighted by atomic mass is 9.96. The predicted octanol–water partition coefficient (Wildman–Crippen LogP) is 6.89. The molecular weight excluding hydrogens is 410 g/mol. The maximum atomic E-state index is 2.51. The molecule has 114 valence electrons. The second kappa shape index (κ2) is 8.42. The summed E-state index contributed by atoms with van der Waals surface area (Å²) in [6, 6.07) is 32.1. The van der Waals surface area contributed by atoms with E-state index >= 15 is 0 Å². The maximum Gasteiger partial charge on any atom is 0.0293 e. The standard InChI is InChI=1S/C21H18IP/c22-23-21(19-14-8-3-9-15-19)16-20(17-10-4-1-5-11-17)18-12-6-2-7-13-18/h1-16,21,23H. The van der Waals surface area contributed by atoms with E-state index in [1.54, 1.807) is 0 Å². The molecule has 3 aromatic carbocycles. The van der Waals surface area contributed by atoms with Crippen molar-refractivity contribution < 1.29 is 0 Å². The summed E-state index contributed by atoms with van der Waals surface area (Å²) in [5.74, 6) is 0. The number of benzene rings is 3. The number of allylic oxidation sites excluding steroid dienone is 1. The molecule has 2 heteroatoms. The molecule has 0 heterocycles. The van der Waals surface area contributed by atoms with Crippen LogP contribution in [-0.2, 0) is 0 Å². The van der Waals surface area contributed by atoms with Gasteiger partial charge in [-0.15, -0.1) is 0 Å². The lowest BCUT2D eigenvalue weighted by Gasteiger charge is -2.15. The molecule has 3 rings (SSSR count). The van der Waals surface area contributed by atoms with Crippen LogP contribution in [0.1, 0.15) is 22.3 Å². The summed E-state index contributed by atoms with van der Waals surface area (Å²) < 4.78 is 0. The predicted molar refractivity (Wildman–Crippen MR) is 111 cm³/mol. The minimum Gasteiger partial charge on any atom is -0.0638 e. The topological polar surface area (TPSA) is 0 Å². The van der Waals surface area contributed by atoms with Gasteiger partial charge in [0.1, 0.15) is 0 Å². The van der Waals surface area contributed by atoms with E-state index in [-0.39, 0.29) is 0 Å². The van der Waals surface area contributed by atoms with E-state index in [2.05, 4.69) is 119 Å². The number of halogens is 1. The molecule has 0 aliphatic carbocycles. The highest BCUT2D eigenvalue weighted by Gasteiger charge is 2.11. The van der Waals surface area contributed by atoms with Crippen LogP contribution < -0.4 is 0 Å². The molecule has 0 aromatic heterocycles. The Morgan fingerprint density at radius 3 is 1.57 bits per heavy atom. The first-order valence-electron chi connectivity index (χ1n) is 7.62. The van der Waals surface area contributed by atoms with Crippen LogP contribution in [0.2, 0.25) is 0 Å². The summed E-state index contributed by atoms with van der Waals surface area (Å²) in [7, 11) is 0. The summed E-state index contributed by atoms with van der Waals surface area (Å²) >= 11 is 2.51. The molecule has 0 fully saturated rings. The van der Waals surface area contributed by atoms with Gasteiger partial charge in [0.05, 0.1) is 0 Å². The van der Waals surface area contributed by atoms with Gasteiger partial charge >= 0.3 is 0 Å². The fraction of sp³-hybridized carbons (Fsp3) is 0.0476. The highest BCUT2D eigenvalue weighted by molar-refractivity contribution is 14.2. The second-order valence-corrected chi connectivity index (χ2v) is 8.02. The van der Waals surface area contributed by atoms with E-state index in [1.807, 2.05) is 0 Å². The molecule has 0 nitrogen and oxygen atoms in total. The van der Waals surface area contributed by atoms with E-state index < -0.39 is 0 Å². The van der Waals surface area contributed by atoms with Crippen LogP contribution in [-0.4, -0.2) is 0 Å². The minimum atomic E-state index is 0.437. The summed E-state index contributed by atoms with van der Waals surface area (Å²) in [6.07, 6.45) is 3.22. The normalized spacial score (nSPS) is 12.2. The first-order valence-corrected chi connectivity index (χ1v) is 11.8. The monoisotopic (exact) mass is 428 g/mol. The summed E-state index contributed by atoms with van der Waals surface area (Å²) in [5.41, 5.74) is 5.67. The van der Waals surface area contributed by atoms with Gasteiger partial charge in [0, 0.05) is 5.66 Å². The zero-order chi connectivity index (χ0) is 15.9. The van der Waals surface area contributed by atoms with Crippen LogP contribution in [0.3, 0.4) is 0 Å². The molecule has 0 aliphatic heterocycles. The van der Waals surface area contributed by atoms with Crippen molar-refractivity contribution in [2.45, 2.75) is 5.66 Å². The average molecular weight is 428 g/mol. The number of hydrogen-bond acceptors (Lipinski definition) is 0. The van der Waals surface area contributed by atoms with Crippen molar-refractivity contribution in [3.63, 3.8) is 0 Å². The van der Waals surface area contributed by atoms with Crippen molar-refractivity contribution >= 4 is 33.8 Å². The van der Waals surface area contributed by atoms with Gasteiger partial charge in [-0.05, 0) is 28.5 Å². The van der Waals surface area contributed by atoms with Crippen molar-refractivity contribution in [1.82, 2.24) is 0 Å². The molecule has 0 bridgehead atoms. The Morgan fingerprint density at radius 2 is 1.13 bits per heavy atom. The van der Waals surface area contributed by atoms with E-state index in [0.29, 0.717) is 5.66 Å². The Bertz CT molecular complexity index is 710. The summed E-state index contributed by atoms with van der Waals surface area (Å²) in [4.78, 5) is 0. The SMILES string of the molecule is IPC(C=C(c1ccccc1)c1ccccc1)c1ccccc1. The van der Waals surface area contributed by atoms with Crippen LogP contribution in [0, 0.1) is 0 Å². The van der Waals surface area contributed by atoms with E-state index in [0.717, 1.165) is 6.22 Å². The molecule has 0 N–H and O–H groups in total. The van der Waals surface area contributed by atoms with Gasteiger partial charge in [-0.1, -0.05) is 119 Å². The molecule has 0 saturated carbocycles. The Morgan fingerprint density at radius 1 is 0.696 bits per heavy atom. The van der Waals surface area contributed by atoms with Crippen LogP contribution in [0.5, 0.6) is 0 Å². The zero-order valence-corrected chi connectivity index (χ0v) is 15.9. The molecule has 23 heavy (non-hydrogen) atoms. The van der Waals surface area contributed by atoms with Crippen molar-refractivity contribution in [2.75, 3.05) is 0 Å². The molecular formula is C21H18IP. The highest BCUT2D eigenvalue weighted by atomic mass is 127. The van der Waals surface area contributed by atoms with Crippen LogP contribution in [0.4, 0.5) is 0 Å². The van der Waals surface area contributed by atoms with E-state index in [4.69, 9.17) is 0 Å². The number of hydrogen-bond donors (Lipinski definition) is 0. The molecule has 0 amide bonds. The zero-order valence-electron chi connectivity index (χ0n) is 12.7. The maximum absolute atomic E-state index is 2.51. The molecule has 0 saturated heterocycles. The fourth-order valence-electron chi connectivity index (χ4n) is 2.61. The van der Waals surface area contributed by atoms with Crippen molar-refractivity contribution in [3.8, 4) is 0 Å². The fourth-order valence-corrected chi connectivity index (χ4v) is 4.78. The van der Waals surface area contributed by atoms with E-state index in [1.165, 1.54) is 22.3 Å². The third kappa shape index (κ3) is 4.31. The summed E-state index contributed by atoms with van der Waals surface area (Å²) in [5, 5.41) is 0. The Kier molecular flexibility index (Phi) is 6.01. The van der Waals surface area contributed by atoms with Crippen molar-refractivity contribution in [3.05, 3.63) is 114 Å². The van der Waals surface area contributed by atoms with E-state index in [9.17, 15) is 0 Å². The van der Waals surface area contributed by atoms with Gasteiger partial charge in [0.15, 0.2) is 0 Å². The van der Waals surface area contributed by atoms with Gasteiger partial charge in [0.2, 0.25) is 0 Å². The molecule has 2 unspecified atom stereocenters. The Balaban J connectivity index is 2.07. The average Bonchev–Trinajstić information content (AvgIpc) is 2.65. The molecule has 2 atom stereocenters. The third-order valence-electron chi connectivity index (χ3n) is 3.78. The van der Waals surface area contributed by atoms with Gasteiger partial charge in [-0.2, -0.15) is 0 Å². The van der Waals surface area contributed by atoms with Gasteiger partial charge in [-0.3, -0.25) is 0 Å². The molecule has 0 spiro atoms. The lowest BCUT2D eigenvalue weighted by Crippen LogP contribution is -1.92. The van der Waals surface area contributed by atoms with Gasteiger partial charge in [-0.25, -0.2) is 0 Å². The third-order valence-corrected chi connectivity index (χ3v) is 6.53. The van der Waals surface area contributed by atoms with Crippen LogP contribution in [0.25, 0.3) is 5.57 Å². The number of rotatable bonds is 5. The Hall–Kier alpha value is -1.44. The van der Waals surface area contributed by atoms with Crippen LogP contribution >= 0.6 is 28.3 Å². The summed E-state index contributed by atoms with van der Waals surface area (Å²) in [6.45, 7) is 0. The molecule has 0 aliphatic rings. The van der Waals surface area contributed by atoms with Crippen molar-refractivity contribution in [2.24, 2.45) is 0 Å². The largest absolute Gasteiger partial charge is 0.0638 e. The highest BCUT2D eigenvalue weighted by Crippen LogP contribution is 2.44. The molecule has 0 radical (unpaired) electrons. The molecule has 3 aromatic rings. The minimum absolute atomic E-state index is 0.437. The lowest BCUT2D eigenvalue weighted by molar-refractivity contribution is 1.23. The second-order valence-electron chi connectivity index (χ2n) is 5.31. The van der Waals surface area contributed by atoms with Gasteiger partial charge < -0.3 is 0 Å². The first-order chi connectivity index (χ1) is 11.4. The quantitative estimate of drug-likeness (QED) is 0.307. The van der Waals surface area contributed by atoms with Crippen molar-refractivity contribution in [1.29, 1.82) is 0 Å².